The maximum absolute atomic E-state index is 12.5. The monoisotopic (exact) mass is 268 g/mol. The quantitative estimate of drug-likeness (QED) is 0.837. The van der Waals surface area contributed by atoms with Crippen molar-refractivity contribution in [3.8, 4) is 6.07 Å². The molecule has 1 amide bonds. The van der Waals surface area contributed by atoms with E-state index in [4.69, 9.17) is 4.42 Å². The van der Waals surface area contributed by atoms with Gasteiger partial charge in [-0.2, -0.15) is 5.26 Å². The molecule has 0 fully saturated rings. The van der Waals surface area contributed by atoms with Gasteiger partial charge in [0.2, 0.25) is 5.91 Å². The fraction of sp³-hybridized carbons (Fsp3) is 0.250. The molecule has 1 unspecified atom stereocenters. The second-order valence-corrected chi connectivity index (χ2v) is 4.40. The van der Waals surface area contributed by atoms with Crippen molar-refractivity contribution in [2.75, 3.05) is 6.54 Å². The number of nitrogens with zero attached hydrogens (tertiary/aromatic N) is 2. The van der Waals surface area contributed by atoms with Crippen LogP contribution in [-0.2, 0) is 11.3 Å². The average molecular weight is 268 g/mol. The summed E-state index contributed by atoms with van der Waals surface area (Å²) in [6.45, 7) is 2.80. The number of nitriles is 1. The van der Waals surface area contributed by atoms with Gasteiger partial charge in [0.05, 0.1) is 18.9 Å². The number of amides is 1. The Labute approximate surface area is 118 Å². The number of carbonyl (C=O) groups is 1. The number of likely N-dealkylation sites (N-methyl/N-ethyl adjacent to an activating group) is 1. The van der Waals surface area contributed by atoms with Crippen LogP contribution in [0.1, 0.15) is 24.2 Å². The molecule has 1 aromatic carbocycles. The maximum atomic E-state index is 12.5. The summed E-state index contributed by atoms with van der Waals surface area (Å²) in [7, 11) is 0. The SMILES string of the molecule is CCN(Cc1ccco1)C(=O)C(C#N)c1ccccc1. The zero-order valence-electron chi connectivity index (χ0n) is 11.3. The van der Waals surface area contributed by atoms with E-state index in [1.165, 1.54) is 0 Å². The van der Waals surface area contributed by atoms with Crippen molar-refractivity contribution in [2.45, 2.75) is 19.4 Å². The van der Waals surface area contributed by atoms with E-state index in [2.05, 4.69) is 6.07 Å². The van der Waals surface area contributed by atoms with Gasteiger partial charge in [-0.15, -0.1) is 0 Å². The van der Waals surface area contributed by atoms with Crippen LogP contribution in [0.2, 0.25) is 0 Å². The summed E-state index contributed by atoms with van der Waals surface area (Å²) < 4.78 is 5.26. The molecule has 4 heteroatoms. The highest BCUT2D eigenvalue weighted by atomic mass is 16.3. The third-order valence-corrected chi connectivity index (χ3v) is 3.13. The van der Waals surface area contributed by atoms with Gasteiger partial charge in [0.15, 0.2) is 0 Å². The first-order chi connectivity index (χ1) is 9.76. The van der Waals surface area contributed by atoms with Crippen molar-refractivity contribution in [3.05, 3.63) is 60.1 Å². The zero-order valence-corrected chi connectivity index (χ0v) is 11.3. The van der Waals surface area contributed by atoms with Gasteiger partial charge in [-0.25, -0.2) is 0 Å². The minimum atomic E-state index is -0.772. The Morgan fingerprint density at radius 3 is 2.60 bits per heavy atom. The highest BCUT2D eigenvalue weighted by Crippen LogP contribution is 2.19. The smallest absolute Gasteiger partial charge is 0.244 e. The van der Waals surface area contributed by atoms with Gasteiger partial charge in [0.1, 0.15) is 11.7 Å². The predicted molar refractivity (Wildman–Crippen MR) is 74.6 cm³/mol. The fourth-order valence-electron chi connectivity index (χ4n) is 2.04. The van der Waals surface area contributed by atoms with E-state index >= 15 is 0 Å². The average Bonchev–Trinajstić information content (AvgIpc) is 2.99. The van der Waals surface area contributed by atoms with Crippen LogP contribution in [0.25, 0.3) is 0 Å². The summed E-state index contributed by atoms with van der Waals surface area (Å²) in [5.74, 6) is -0.256. The first-order valence-corrected chi connectivity index (χ1v) is 6.52. The Bertz CT molecular complexity index is 585. The number of carbonyl (C=O) groups excluding carboxylic acids is 1. The molecule has 0 N–H and O–H groups in total. The molecule has 2 aromatic rings. The highest BCUT2D eigenvalue weighted by Gasteiger charge is 2.25. The topological polar surface area (TPSA) is 57.2 Å². The predicted octanol–water partition coefficient (Wildman–Crippen LogP) is 2.94. The van der Waals surface area contributed by atoms with Crippen LogP contribution in [-0.4, -0.2) is 17.4 Å². The van der Waals surface area contributed by atoms with Crippen LogP contribution in [0.5, 0.6) is 0 Å². The number of hydrogen-bond acceptors (Lipinski definition) is 3. The fourth-order valence-corrected chi connectivity index (χ4v) is 2.04. The summed E-state index contributed by atoms with van der Waals surface area (Å²) in [4.78, 5) is 14.1. The zero-order chi connectivity index (χ0) is 14.4. The molecule has 0 bridgehead atoms. The molecule has 2 rings (SSSR count). The van der Waals surface area contributed by atoms with Crippen molar-refractivity contribution in [2.24, 2.45) is 0 Å². The third kappa shape index (κ3) is 3.07. The molecule has 0 radical (unpaired) electrons. The minimum Gasteiger partial charge on any atom is -0.467 e. The molecule has 1 atom stereocenters. The van der Waals surface area contributed by atoms with E-state index in [1.54, 1.807) is 29.4 Å². The van der Waals surface area contributed by atoms with Gasteiger partial charge in [0, 0.05) is 6.54 Å². The molecule has 0 aliphatic carbocycles. The molecular formula is C16H16N2O2. The van der Waals surface area contributed by atoms with Crippen molar-refractivity contribution in [1.29, 1.82) is 5.26 Å². The van der Waals surface area contributed by atoms with Gasteiger partial charge in [0.25, 0.3) is 0 Å². The molecule has 0 aliphatic rings. The van der Waals surface area contributed by atoms with Crippen LogP contribution < -0.4 is 0 Å². The summed E-state index contributed by atoms with van der Waals surface area (Å²) in [6, 6.07) is 14.8. The number of benzene rings is 1. The minimum absolute atomic E-state index is 0.197. The normalized spacial score (nSPS) is 11.6. The lowest BCUT2D eigenvalue weighted by Gasteiger charge is -2.22. The standard InChI is InChI=1S/C16H16N2O2/c1-2-18(12-14-9-6-10-20-14)16(19)15(11-17)13-7-4-3-5-8-13/h3-10,15H,2,12H2,1H3. The van der Waals surface area contributed by atoms with E-state index in [9.17, 15) is 10.1 Å². The van der Waals surface area contributed by atoms with E-state index in [-0.39, 0.29) is 5.91 Å². The lowest BCUT2D eigenvalue weighted by molar-refractivity contribution is -0.132. The maximum Gasteiger partial charge on any atom is 0.244 e. The second-order valence-electron chi connectivity index (χ2n) is 4.40. The number of hydrogen-bond donors (Lipinski definition) is 0. The summed E-state index contributed by atoms with van der Waals surface area (Å²) >= 11 is 0. The largest absolute Gasteiger partial charge is 0.467 e. The third-order valence-electron chi connectivity index (χ3n) is 3.13. The summed E-state index contributed by atoms with van der Waals surface area (Å²) in [5, 5.41) is 9.30. The van der Waals surface area contributed by atoms with Crippen LogP contribution in [0, 0.1) is 11.3 Å². The molecule has 1 aromatic heterocycles. The van der Waals surface area contributed by atoms with Crippen molar-refractivity contribution in [3.63, 3.8) is 0 Å². The second kappa shape index (κ2) is 6.58. The van der Waals surface area contributed by atoms with Crippen LogP contribution >= 0.6 is 0 Å². The number of rotatable bonds is 5. The molecule has 102 valence electrons. The molecule has 4 nitrogen and oxygen atoms in total. The van der Waals surface area contributed by atoms with Crippen LogP contribution in [0.3, 0.4) is 0 Å². The molecule has 0 spiro atoms. The molecule has 1 heterocycles. The first kappa shape index (κ1) is 13.9. The Kier molecular flexibility index (Phi) is 4.56. The van der Waals surface area contributed by atoms with Gasteiger partial charge in [-0.05, 0) is 24.6 Å². The molecule has 20 heavy (non-hydrogen) atoms. The Morgan fingerprint density at radius 2 is 2.05 bits per heavy atom. The van der Waals surface area contributed by atoms with Gasteiger partial charge >= 0.3 is 0 Å². The first-order valence-electron chi connectivity index (χ1n) is 6.52. The van der Waals surface area contributed by atoms with Crippen LogP contribution in [0.4, 0.5) is 0 Å². The van der Waals surface area contributed by atoms with Crippen molar-refractivity contribution in [1.82, 2.24) is 4.90 Å². The Morgan fingerprint density at radius 1 is 1.30 bits per heavy atom. The Balaban J connectivity index is 2.16. The molecule has 0 saturated heterocycles. The lowest BCUT2D eigenvalue weighted by Crippen LogP contribution is -2.34. The van der Waals surface area contributed by atoms with Crippen LogP contribution in [0.15, 0.2) is 53.1 Å². The number of furan rings is 1. The van der Waals surface area contributed by atoms with E-state index in [0.29, 0.717) is 18.8 Å². The van der Waals surface area contributed by atoms with E-state index < -0.39 is 5.92 Å². The molecule has 0 aliphatic heterocycles. The van der Waals surface area contributed by atoms with Gasteiger partial charge in [-0.3, -0.25) is 4.79 Å². The van der Waals surface area contributed by atoms with Gasteiger partial charge < -0.3 is 9.32 Å². The summed E-state index contributed by atoms with van der Waals surface area (Å²) in [6.07, 6.45) is 1.58. The molecular weight excluding hydrogens is 252 g/mol. The lowest BCUT2D eigenvalue weighted by atomic mass is 9.99. The van der Waals surface area contributed by atoms with Crippen molar-refractivity contribution < 1.29 is 9.21 Å². The summed E-state index contributed by atoms with van der Waals surface area (Å²) in [5.41, 5.74) is 0.720. The Hall–Kier alpha value is -2.54. The van der Waals surface area contributed by atoms with Gasteiger partial charge in [-0.1, -0.05) is 30.3 Å². The highest BCUT2D eigenvalue weighted by molar-refractivity contribution is 5.86. The molecule has 0 saturated carbocycles. The van der Waals surface area contributed by atoms with Crippen molar-refractivity contribution >= 4 is 5.91 Å². The van der Waals surface area contributed by atoms with E-state index in [1.807, 2.05) is 31.2 Å². The van der Waals surface area contributed by atoms with E-state index in [0.717, 1.165) is 5.56 Å².